The molecular formula is C16H22N2O2. The molecule has 0 atom stereocenters. The third kappa shape index (κ3) is 1.98. The Hall–Kier alpha value is -1.26. The minimum Gasteiger partial charge on any atom is -0.454 e. The van der Waals surface area contributed by atoms with Gasteiger partial charge in [0.15, 0.2) is 11.5 Å². The van der Waals surface area contributed by atoms with Crippen LogP contribution in [0.3, 0.4) is 0 Å². The molecule has 1 saturated heterocycles. The first kappa shape index (κ1) is 12.5. The van der Waals surface area contributed by atoms with Crippen molar-refractivity contribution in [3.8, 4) is 11.5 Å². The molecule has 0 aromatic heterocycles. The van der Waals surface area contributed by atoms with Crippen molar-refractivity contribution in [3.05, 3.63) is 23.8 Å². The summed E-state index contributed by atoms with van der Waals surface area (Å²) in [5.41, 5.74) is 7.60. The van der Waals surface area contributed by atoms with Crippen LogP contribution in [0.15, 0.2) is 18.2 Å². The number of piperidine rings is 1. The van der Waals surface area contributed by atoms with E-state index in [1.807, 2.05) is 6.07 Å². The van der Waals surface area contributed by atoms with Gasteiger partial charge in [-0.2, -0.15) is 0 Å². The number of rotatable bonds is 3. The van der Waals surface area contributed by atoms with Crippen LogP contribution in [0.2, 0.25) is 0 Å². The van der Waals surface area contributed by atoms with E-state index in [1.54, 1.807) is 0 Å². The van der Waals surface area contributed by atoms with Crippen molar-refractivity contribution >= 4 is 0 Å². The van der Waals surface area contributed by atoms with E-state index in [0.29, 0.717) is 13.3 Å². The van der Waals surface area contributed by atoms with Gasteiger partial charge in [-0.05, 0) is 56.5 Å². The molecule has 1 aromatic carbocycles. The Labute approximate surface area is 119 Å². The van der Waals surface area contributed by atoms with Crippen LogP contribution in [-0.4, -0.2) is 37.4 Å². The van der Waals surface area contributed by atoms with E-state index in [2.05, 4.69) is 17.0 Å². The molecule has 1 aromatic rings. The number of hydrogen-bond donors (Lipinski definition) is 1. The van der Waals surface area contributed by atoms with Crippen molar-refractivity contribution < 1.29 is 9.47 Å². The summed E-state index contributed by atoms with van der Waals surface area (Å²) in [6.45, 7) is 3.40. The number of likely N-dealkylation sites (tertiary alicyclic amines) is 1. The lowest BCUT2D eigenvalue weighted by atomic mass is 9.72. The fourth-order valence-corrected chi connectivity index (χ4v) is 3.59. The fourth-order valence-electron chi connectivity index (χ4n) is 3.59. The molecule has 0 radical (unpaired) electrons. The summed E-state index contributed by atoms with van der Waals surface area (Å²) in [6, 6.07) is 7.21. The standard InChI is InChI=1S/C16H22N2O2/c17-10-16(5-7-18(8-6-16)13-2-3-13)12-1-4-14-15(9-12)20-11-19-14/h1,4,9,13H,2-3,5-8,10-11,17H2. The third-order valence-electron chi connectivity index (χ3n) is 5.19. The maximum absolute atomic E-state index is 6.16. The van der Waals surface area contributed by atoms with Crippen molar-refractivity contribution in [3.63, 3.8) is 0 Å². The number of ether oxygens (including phenoxy) is 2. The van der Waals surface area contributed by atoms with Crippen LogP contribution in [-0.2, 0) is 5.41 Å². The molecule has 0 unspecified atom stereocenters. The Kier molecular flexibility index (Phi) is 2.89. The van der Waals surface area contributed by atoms with Gasteiger partial charge in [-0.15, -0.1) is 0 Å². The first-order valence-electron chi connectivity index (χ1n) is 7.65. The molecule has 1 aliphatic carbocycles. The van der Waals surface area contributed by atoms with Crippen molar-refractivity contribution in [2.24, 2.45) is 5.73 Å². The number of fused-ring (bicyclic) bond motifs is 1. The monoisotopic (exact) mass is 274 g/mol. The van der Waals surface area contributed by atoms with E-state index in [0.717, 1.165) is 30.4 Å². The van der Waals surface area contributed by atoms with E-state index >= 15 is 0 Å². The average Bonchev–Trinajstić information content (AvgIpc) is 3.24. The highest BCUT2D eigenvalue weighted by Gasteiger charge is 2.39. The summed E-state index contributed by atoms with van der Waals surface area (Å²) in [6.07, 6.45) is 5.08. The second kappa shape index (κ2) is 4.64. The van der Waals surface area contributed by atoms with Crippen LogP contribution in [0.1, 0.15) is 31.2 Å². The first-order chi connectivity index (χ1) is 9.81. The lowest BCUT2D eigenvalue weighted by Gasteiger charge is -2.42. The molecule has 2 aliphatic heterocycles. The van der Waals surface area contributed by atoms with Crippen molar-refractivity contribution in [2.75, 3.05) is 26.4 Å². The largest absolute Gasteiger partial charge is 0.454 e. The zero-order valence-corrected chi connectivity index (χ0v) is 11.8. The quantitative estimate of drug-likeness (QED) is 0.914. The van der Waals surface area contributed by atoms with Gasteiger partial charge in [-0.3, -0.25) is 0 Å². The highest BCUT2D eigenvalue weighted by atomic mass is 16.7. The molecule has 2 N–H and O–H groups in total. The molecule has 2 fully saturated rings. The van der Waals surface area contributed by atoms with Gasteiger partial charge < -0.3 is 20.1 Å². The summed E-state index contributed by atoms with van der Waals surface area (Å²) in [5, 5.41) is 0. The summed E-state index contributed by atoms with van der Waals surface area (Å²) in [4.78, 5) is 2.64. The fraction of sp³-hybridized carbons (Fsp3) is 0.625. The Balaban J connectivity index is 1.58. The van der Waals surface area contributed by atoms with E-state index in [1.165, 1.54) is 31.5 Å². The molecular weight excluding hydrogens is 252 g/mol. The highest BCUT2D eigenvalue weighted by Crippen LogP contribution is 2.42. The smallest absolute Gasteiger partial charge is 0.231 e. The molecule has 0 bridgehead atoms. The minimum atomic E-state index is 0.117. The molecule has 20 heavy (non-hydrogen) atoms. The predicted octanol–water partition coefficient (Wildman–Crippen LogP) is 1.87. The van der Waals surface area contributed by atoms with Gasteiger partial charge in [0, 0.05) is 18.0 Å². The molecule has 3 aliphatic rings. The maximum atomic E-state index is 6.16. The Morgan fingerprint density at radius 3 is 2.60 bits per heavy atom. The number of nitrogens with zero attached hydrogens (tertiary/aromatic N) is 1. The van der Waals surface area contributed by atoms with E-state index in [9.17, 15) is 0 Å². The molecule has 4 rings (SSSR count). The minimum absolute atomic E-state index is 0.117. The van der Waals surface area contributed by atoms with E-state index in [4.69, 9.17) is 15.2 Å². The number of benzene rings is 1. The summed E-state index contributed by atoms with van der Waals surface area (Å²) >= 11 is 0. The maximum Gasteiger partial charge on any atom is 0.231 e. The van der Waals surface area contributed by atoms with Crippen molar-refractivity contribution in [1.29, 1.82) is 0 Å². The van der Waals surface area contributed by atoms with Crippen LogP contribution in [0, 0.1) is 0 Å². The SMILES string of the molecule is NCC1(c2ccc3c(c2)OCO3)CCN(C2CC2)CC1. The van der Waals surface area contributed by atoms with Gasteiger partial charge in [-0.25, -0.2) is 0 Å². The lowest BCUT2D eigenvalue weighted by Crippen LogP contribution is -2.47. The van der Waals surface area contributed by atoms with Crippen LogP contribution in [0.25, 0.3) is 0 Å². The molecule has 0 spiro atoms. The van der Waals surface area contributed by atoms with Gasteiger partial charge >= 0.3 is 0 Å². The van der Waals surface area contributed by atoms with Crippen molar-refractivity contribution in [2.45, 2.75) is 37.1 Å². The zero-order valence-electron chi connectivity index (χ0n) is 11.8. The molecule has 1 saturated carbocycles. The van der Waals surface area contributed by atoms with Gasteiger partial charge in [0.25, 0.3) is 0 Å². The first-order valence-corrected chi connectivity index (χ1v) is 7.65. The van der Waals surface area contributed by atoms with Gasteiger partial charge in [0.2, 0.25) is 6.79 Å². The molecule has 2 heterocycles. The second-order valence-corrected chi connectivity index (χ2v) is 6.32. The highest BCUT2D eigenvalue weighted by molar-refractivity contribution is 5.47. The van der Waals surface area contributed by atoms with Gasteiger partial charge in [0.1, 0.15) is 0 Å². The average molecular weight is 274 g/mol. The zero-order chi connectivity index (χ0) is 13.6. The Bertz CT molecular complexity index is 505. The van der Waals surface area contributed by atoms with Gasteiger partial charge in [0.05, 0.1) is 0 Å². The third-order valence-corrected chi connectivity index (χ3v) is 5.19. The Morgan fingerprint density at radius 1 is 1.15 bits per heavy atom. The predicted molar refractivity (Wildman–Crippen MR) is 77.1 cm³/mol. The van der Waals surface area contributed by atoms with Crippen molar-refractivity contribution in [1.82, 2.24) is 4.90 Å². The lowest BCUT2D eigenvalue weighted by molar-refractivity contribution is 0.154. The second-order valence-electron chi connectivity index (χ2n) is 6.32. The topological polar surface area (TPSA) is 47.7 Å². The summed E-state index contributed by atoms with van der Waals surface area (Å²) in [7, 11) is 0. The molecule has 108 valence electrons. The Morgan fingerprint density at radius 2 is 1.90 bits per heavy atom. The van der Waals surface area contributed by atoms with E-state index in [-0.39, 0.29) is 5.41 Å². The van der Waals surface area contributed by atoms with Crippen LogP contribution in [0.5, 0.6) is 11.5 Å². The summed E-state index contributed by atoms with van der Waals surface area (Å²) < 4.78 is 10.9. The van der Waals surface area contributed by atoms with Crippen LogP contribution in [0.4, 0.5) is 0 Å². The number of hydrogen-bond acceptors (Lipinski definition) is 4. The number of nitrogens with two attached hydrogens (primary N) is 1. The summed E-state index contributed by atoms with van der Waals surface area (Å²) in [5.74, 6) is 1.73. The molecule has 4 heteroatoms. The normalized spacial score (nSPS) is 24.9. The molecule has 0 amide bonds. The molecule has 4 nitrogen and oxygen atoms in total. The van der Waals surface area contributed by atoms with E-state index < -0.39 is 0 Å². The van der Waals surface area contributed by atoms with Gasteiger partial charge in [-0.1, -0.05) is 6.07 Å². The van der Waals surface area contributed by atoms with Crippen LogP contribution >= 0.6 is 0 Å². The van der Waals surface area contributed by atoms with Crippen LogP contribution < -0.4 is 15.2 Å².